The van der Waals surface area contributed by atoms with Crippen molar-refractivity contribution in [1.82, 2.24) is 4.98 Å². The van der Waals surface area contributed by atoms with Gasteiger partial charge in [-0.3, -0.25) is 0 Å². The third kappa shape index (κ3) is 3.24. The van der Waals surface area contributed by atoms with E-state index in [1.54, 1.807) is 30.1 Å². The second-order valence-corrected chi connectivity index (χ2v) is 5.83. The Hall–Kier alpha value is -1.53. The van der Waals surface area contributed by atoms with Crippen LogP contribution in [0.15, 0.2) is 34.7 Å². The molecule has 0 aliphatic heterocycles. The van der Waals surface area contributed by atoms with Gasteiger partial charge in [0.2, 0.25) is 0 Å². The first-order chi connectivity index (χ1) is 8.69. The maximum atomic E-state index is 11.3. The van der Waals surface area contributed by atoms with Crippen molar-refractivity contribution in [3.63, 3.8) is 0 Å². The van der Waals surface area contributed by atoms with Gasteiger partial charge in [-0.1, -0.05) is 23.5 Å². The molecule has 94 valence electrons. The third-order valence-electron chi connectivity index (χ3n) is 2.26. The molecule has 0 saturated carbocycles. The normalized spacial score (nSPS) is 10.3. The predicted octanol–water partition coefficient (Wildman–Crippen LogP) is 2.80. The van der Waals surface area contributed by atoms with E-state index >= 15 is 0 Å². The zero-order valence-corrected chi connectivity index (χ0v) is 11.4. The zero-order valence-electron chi connectivity index (χ0n) is 9.75. The van der Waals surface area contributed by atoms with Crippen molar-refractivity contribution in [2.24, 2.45) is 0 Å². The van der Waals surface area contributed by atoms with Gasteiger partial charge in [0.25, 0.3) is 0 Å². The lowest BCUT2D eigenvalue weighted by Gasteiger charge is -2.02. The van der Waals surface area contributed by atoms with Gasteiger partial charge >= 0.3 is 5.97 Å². The lowest BCUT2D eigenvalue weighted by molar-refractivity contribution is 0.0601. The number of rotatable bonds is 4. The number of esters is 1. The molecule has 1 aromatic carbocycles. The van der Waals surface area contributed by atoms with Crippen molar-refractivity contribution >= 4 is 34.2 Å². The Bertz CT molecular complexity index is 537. The summed E-state index contributed by atoms with van der Waals surface area (Å²) >= 11 is 3.15. The molecular formula is C12H12N2O2S2. The highest BCUT2D eigenvalue weighted by Crippen LogP contribution is 2.29. The van der Waals surface area contributed by atoms with Crippen LogP contribution in [0.25, 0.3) is 0 Å². The highest BCUT2D eigenvalue weighted by molar-refractivity contribution is 8.00. The summed E-state index contributed by atoms with van der Waals surface area (Å²) in [5.41, 5.74) is 7.26. The molecule has 0 bridgehead atoms. The first-order valence-corrected chi connectivity index (χ1v) is 7.00. The summed E-state index contributed by atoms with van der Waals surface area (Å²) in [5.74, 6) is 0.507. The summed E-state index contributed by atoms with van der Waals surface area (Å²) in [4.78, 5) is 15.3. The lowest BCUT2D eigenvalue weighted by atomic mass is 10.1. The van der Waals surface area contributed by atoms with E-state index in [-0.39, 0.29) is 5.97 Å². The molecule has 0 radical (unpaired) electrons. The molecule has 0 fully saturated rings. The number of carbonyl (C=O) groups is 1. The van der Waals surface area contributed by atoms with Gasteiger partial charge in [0.05, 0.1) is 23.1 Å². The van der Waals surface area contributed by atoms with E-state index < -0.39 is 0 Å². The van der Waals surface area contributed by atoms with Crippen LogP contribution in [-0.4, -0.2) is 18.1 Å². The molecule has 0 saturated heterocycles. The van der Waals surface area contributed by atoms with E-state index in [1.165, 1.54) is 18.4 Å². The van der Waals surface area contributed by atoms with E-state index in [0.29, 0.717) is 10.7 Å². The fourth-order valence-corrected chi connectivity index (χ4v) is 3.06. The number of carbonyl (C=O) groups excluding carboxylic acids is 1. The van der Waals surface area contributed by atoms with Crippen molar-refractivity contribution < 1.29 is 9.53 Å². The van der Waals surface area contributed by atoms with E-state index in [4.69, 9.17) is 5.73 Å². The molecule has 1 aromatic heterocycles. The number of aromatic nitrogens is 1. The second-order valence-electron chi connectivity index (χ2n) is 3.49. The number of ether oxygens (including phenoxy) is 1. The number of hydrogen-bond donors (Lipinski definition) is 1. The minimum Gasteiger partial charge on any atom is -0.465 e. The first kappa shape index (κ1) is 12.9. The lowest BCUT2D eigenvalue weighted by Crippen LogP contribution is -2.00. The van der Waals surface area contributed by atoms with Gasteiger partial charge in [0.15, 0.2) is 5.13 Å². The van der Waals surface area contributed by atoms with Crippen LogP contribution in [0.5, 0.6) is 0 Å². The van der Waals surface area contributed by atoms with Gasteiger partial charge in [-0.25, -0.2) is 9.78 Å². The molecule has 18 heavy (non-hydrogen) atoms. The van der Waals surface area contributed by atoms with Crippen molar-refractivity contribution in [3.8, 4) is 0 Å². The number of hydrogen-bond acceptors (Lipinski definition) is 6. The molecule has 0 atom stereocenters. The van der Waals surface area contributed by atoms with E-state index in [9.17, 15) is 4.79 Å². The summed E-state index contributed by atoms with van der Waals surface area (Å²) in [6.07, 6.45) is 1.77. The molecular weight excluding hydrogens is 268 g/mol. The van der Waals surface area contributed by atoms with Crippen molar-refractivity contribution in [2.75, 3.05) is 12.8 Å². The van der Waals surface area contributed by atoms with Crippen LogP contribution in [0.3, 0.4) is 0 Å². The van der Waals surface area contributed by atoms with Crippen molar-refractivity contribution in [2.45, 2.75) is 9.96 Å². The molecule has 0 spiro atoms. The maximum absolute atomic E-state index is 11.3. The summed E-state index contributed by atoms with van der Waals surface area (Å²) in [7, 11) is 1.38. The standard InChI is InChI=1S/C12H12N2O2S2/c1-16-11(15)9-4-2-8(3-5-9)7-17-10-6-14-12(13)18-10/h2-6H,7H2,1H3,(H2,13,14). The largest absolute Gasteiger partial charge is 0.465 e. The van der Waals surface area contributed by atoms with Gasteiger partial charge in [0, 0.05) is 5.75 Å². The Morgan fingerprint density at radius 3 is 2.72 bits per heavy atom. The number of thiazole rings is 1. The summed E-state index contributed by atoms with van der Waals surface area (Å²) in [6.45, 7) is 0. The predicted molar refractivity (Wildman–Crippen MR) is 73.9 cm³/mol. The van der Waals surface area contributed by atoms with E-state index in [0.717, 1.165) is 15.5 Å². The van der Waals surface area contributed by atoms with Crippen LogP contribution in [0.2, 0.25) is 0 Å². The van der Waals surface area contributed by atoms with Crippen LogP contribution in [0, 0.1) is 0 Å². The Balaban J connectivity index is 1.96. The molecule has 0 amide bonds. The average Bonchev–Trinajstić information content (AvgIpc) is 2.82. The number of nitrogens with zero attached hydrogens (tertiary/aromatic N) is 1. The summed E-state index contributed by atoms with van der Waals surface area (Å²) < 4.78 is 5.73. The minimum atomic E-state index is -0.315. The molecule has 2 N–H and O–H groups in total. The van der Waals surface area contributed by atoms with Gasteiger partial charge in [-0.15, -0.1) is 11.8 Å². The van der Waals surface area contributed by atoms with Gasteiger partial charge < -0.3 is 10.5 Å². The quantitative estimate of drug-likeness (QED) is 0.689. The fourth-order valence-electron chi connectivity index (χ4n) is 1.35. The molecule has 6 heteroatoms. The van der Waals surface area contributed by atoms with Crippen LogP contribution in [0.1, 0.15) is 15.9 Å². The average molecular weight is 280 g/mol. The Kier molecular flexibility index (Phi) is 4.22. The van der Waals surface area contributed by atoms with E-state index in [2.05, 4.69) is 9.72 Å². The molecule has 0 unspecified atom stereocenters. The van der Waals surface area contributed by atoms with Crippen LogP contribution in [0.4, 0.5) is 5.13 Å². The first-order valence-electron chi connectivity index (χ1n) is 5.20. The van der Waals surface area contributed by atoms with E-state index in [1.807, 2.05) is 12.1 Å². The van der Waals surface area contributed by atoms with Crippen LogP contribution < -0.4 is 5.73 Å². The van der Waals surface area contributed by atoms with Crippen molar-refractivity contribution in [1.29, 1.82) is 0 Å². The van der Waals surface area contributed by atoms with Crippen LogP contribution in [-0.2, 0) is 10.5 Å². The molecule has 0 aliphatic rings. The summed E-state index contributed by atoms with van der Waals surface area (Å²) in [6, 6.07) is 7.37. The molecule has 2 aromatic rings. The van der Waals surface area contributed by atoms with Crippen molar-refractivity contribution in [3.05, 3.63) is 41.6 Å². The number of nitrogen functional groups attached to an aromatic ring is 1. The molecule has 4 nitrogen and oxygen atoms in total. The topological polar surface area (TPSA) is 65.2 Å². The zero-order chi connectivity index (χ0) is 13.0. The van der Waals surface area contributed by atoms with Gasteiger partial charge in [-0.2, -0.15) is 0 Å². The van der Waals surface area contributed by atoms with Gasteiger partial charge in [-0.05, 0) is 17.7 Å². The second kappa shape index (κ2) is 5.88. The summed E-state index contributed by atoms with van der Waals surface area (Å²) in [5, 5.41) is 0.582. The number of nitrogens with two attached hydrogens (primary N) is 1. The number of methoxy groups -OCH3 is 1. The minimum absolute atomic E-state index is 0.315. The molecule has 1 heterocycles. The number of thioether (sulfide) groups is 1. The Morgan fingerprint density at radius 2 is 2.17 bits per heavy atom. The molecule has 0 aliphatic carbocycles. The Morgan fingerprint density at radius 1 is 1.44 bits per heavy atom. The fraction of sp³-hybridized carbons (Fsp3) is 0.167. The maximum Gasteiger partial charge on any atom is 0.337 e. The third-order valence-corrected chi connectivity index (χ3v) is 4.35. The number of anilines is 1. The number of benzene rings is 1. The Labute approximate surface area is 113 Å². The van der Waals surface area contributed by atoms with Crippen LogP contribution >= 0.6 is 23.1 Å². The molecule has 2 rings (SSSR count). The monoisotopic (exact) mass is 280 g/mol. The highest BCUT2D eigenvalue weighted by Gasteiger charge is 2.05. The smallest absolute Gasteiger partial charge is 0.337 e. The highest BCUT2D eigenvalue weighted by atomic mass is 32.2. The SMILES string of the molecule is COC(=O)c1ccc(CSc2cnc(N)s2)cc1. The van der Waals surface area contributed by atoms with Gasteiger partial charge in [0.1, 0.15) is 0 Å².